The van der Waals surface area contributed by atoms with Crippen LogP contribution in [0, 0.1) is 0 Å². The van der Waals surface area contributed by atoms with Crippen molar-refractivity contribution in [3.8, 4) is 0 Å². The lowest BCUT2D eigenvalue weighted by molar-refractivity contribution is 0.524. The van der Waals surface area contributed by atoms with Crippen LogP contribution in [-0.2, 0) is 13.5 Å². The molecular formula is C14H23N3. The van der Waals surface area contributed by atoms with Crippen LogP contribution < -0.4 is 5.32 Å². The molecule has 1 aromatic rings. The van der Waals surface area contributed by atoms with Crippen molar-refractivity contribution in [3.63, 3.8) is 0 Å². The predicted octanol–water partition coefficient (Wildman–Crippen LogP) is 2.44. The third kappa shape index (κ3) is 3.70. The largest absolute Gasteiger partial charge is 0.316 e. The van der Waals surface area contributed by atoms with Gasteiger partial charge in [-0.25, -0.2) is 0 Å². The Bertz CT molecular complexity index is 379. The van der Waals surface area contributed by atoms with Crippen LogP contribution in [0.2, 0.25) is 0 Å². The van der Waals surface area contributed by atoms with Crippen molar-refractivity contribution >= 4 is 0 Å². The topological polar surface area (TPSA) is 29.9 Å². The molecule has 2 rings (SSSR count). The van der Waals surface area contributed by atoms with Gasteiger partial charge in [-0.15, -0.1) is 0 Å². The molecule has 17 heavy (non-hydrogen) atoms. The van der Waals surface area contributed by atoms with Crippen LogP contribution in [0.3, 0.4) is 0 Å². The molecule has 1 aliphatic rings. The number of aromatic nitrogens is 2. The van der Waals surface area contributed by atoms with Gasteiger partial charge in [0.15, 0.2) is 0 Å². The van der Waals surface area contributed by atoms with Crippen LogP contribution in [-0.4, -0.2) is 22.9 Å². The number of hydrogen-bond donors (Lipinski definition) is 1. The zero-order valence-electron chi connectivity index (χ0n) is 10.9. The quantitative estimate of drug-likeness (QED) is 0.792. The predicted molar refractivity (Wildman–Crippen MR) is 70.9 cm³/mol. The Morgan fingerprint density at radius 1 is 1.41 bits per heavy atom. The van der Waals surface area contributed by atoms with E-state index in [2.05, 4.69) is 29.6 Å². The van der Waals surface area contributed by atoms with Gasteiger partial charge in [0.25, 0.3) is 0 Å². The van der Waals surface area contributed by atoms with Crippen molar-refractivity contribution in [2.75, 3.05) is 7.05 Å². The van der Waals surface area contributed by atoms with Gasteiger partial charge in [0, 0.05) is 25.7 Å². The van der Waals surface area contributed by atoms with Crippen LogP contribution in [0.4, 0.5) is 0 Å². The number of likely N-dealkylation sites (N-methyl/N-ethyl adjacent to an activating group) is 1. The minimum atomic E-state index is 0.522. The van der Waals surface area contributed by atoms with E-state index in [0.29, 0.717) is 6.04 Å². The van der Waals surface area contributed by atoms with Crippen LogP contribution in [0.25, 0.3) is 0 Å². The minimum absolute atomic E-state index is 0.522. The van der Waals surface area contributed by atoms with Gasteiger partial charge in [0.2, 0.25) is 0 Å². The maximum atomic E-state index is 4.45. The average Bonchev–Trinajstić information content (AvgIpc) is 2.75. The normalized spacial score (nSPS) is 17.9. The smallest absolute Gasteiger partial charge is 0.0640 e. The van der Waals surface area contributed by atoms with Crippen LogP contribution in [0.1, 0.15) is 37.8 Å². The first kappa shape index (κ1) is 12.4. The van der Waals surface area contributed by atoms with Crippen molar-refractivity contribution in [1.29, 1.82) is 0 Å². The summed E-state index contributed by atoms with van der Waals surface area (Å²) in [5.41, 5.74) is 2.81. The Balaban J connectivity index is 1.90. The minimum Gasteiger partial charge on any atom is -0.316 e. The van der Waals surface area contributed by atoms with E-state index in [1.54, 1.807) is 5.57 Å². The fourth-order valence-electron chi connectivity index (χ4n) is 2.51. The Kier molecular flexibility index (Phi) is 4.37. The molecule has 0 aliphatic heterocycles. The molecule has 0 spiro atoms. The monoisotopic (exact) mass is 233 g/mol. The summed E-state index contributed by atoms with van der Waals surface area (Å²) in [6.07, 6.45) is 11.9. The first-order chi connectivity index (χ1) is 8.28. The highest BCUT2D eigenvalue weighted by Crippen LogP contribution is 2.22. The van der Waals surface area contributed by atoms with Crippen molar-refractivity contribution in [2.24, 2.45) is 7.05 Å². The van der Waals surface area contributed by atoms with E-state index in [1.165, 1.54) is 37.8 Å². The molecular weight excluding hydrogens is 210 g/mol. The number of hydrogen-bond acceptors (Lipinski definition) is 2. The molecule has 0 fully saturated rings. The summed E-state index contributed by atoms with van der Waals surface area (Å²) in [6.45, 7) is 0. The summed E-state index contributed by atoms with van der Waals surface area (Å²) in [6, 6.07) is 2.63. The molecule has 0 amide bonds. The standard InChI is InChI=1S/C14H23N3/c1-15-14(10-12-6-4-3-5-7-12)11-13-8-9-17(2)16-13/h6,8-9,14-15H,3-5,7,10-11H2,1-2H3. The molecule has 1 aromatic heterocycles. The number of nitrogens with zero attached hydrogens (tertiary/aromatic N) is 2. The maximum Gasteiger partial charge on any atom is 0.0640 e. The van der Waals surface area contributed by atoms with E-state index in [9.17, 15) is 0 Å². The second kappa shape index (κ2) is 6.01. The first-order valence-corrected chi connectivity index (χ1v) is 6.61. The van der Waals surface area contributed by atoms with Gasteiger partial charge < -0.3 is 5.32 Å². The third-order valence-corrected chi connectivity index (χ3v) is 3.53. The molecule has 3 heteroatoms. The summed E-state index contributed by atoms with van der Waals surface area (Å²) in [5.74, 6) is 0. The molecule has 0 bridgehead atoms. The molecule has 0 aromatic carbocycles. The fourth-order valence-corrected chi connectivity index (χ4v) is 2.51. The SMILES string of the molecule is CNC(CC1=CCCCC1)Cc1ccn(C)n1. The molecule has 0 radical (unpaired) electrons. The molecule has 0 saturated heterocycles. The Morgan fingerprint density at radius 2 is 2.29 bits per heavy atom. The zero-order chi connectivity index (χ0) is 12.1. The summed E-state index contributed by atoms with van der Waals surface area (Å²) < 4.78 is 1.88. The van der Waals surface area contributed by atoms with E-state index in [4.69, 9.17) is 0 Å². The van der Waals surface area contributed by atoms with Gasteiger partial charge in [0.05, 0.1) is 5.69 Å². The summed E-state index contributed by atoms with van der Waals surface area (Å²) in [4.78, 5) is 0. The Labute approximate surface area is 104 Å². The number of allylic oxidation sites excluding steroid dienone is 1. The second-order valence-corrected chi connectivity index (χ2v) is 4.98. The van der Waals surface area contributed by atoms with E-state index >= 15 is 0 Å². The Hall–Kier alpha value is -1.09. The molecule has 1 heterocycles. The molecule has 0 saturated carbocycles. The lowest BCUT2D eigenvalue weighted by atomic mass is 9.93. The van der Waals surface area contributed by atoms with Gasteiger partial charge in [0.1, 0.15) is 0 Å². The lowest BCUT2D eigenvalue weighted by Crippen LogP contribution is -2.28. The Morgan fingerprint density at radius 3 is 2.88 bits per heavy atom. The fraction of sp³-hybridized carbons (Fsp3) is 0.643. The van der Waals surface area contributed by atoms with Crippen LogP contribution in [0.15, 0.2) is 23.9 Å². The number of aryl methyl sites for hydroxylation is 1. The van der Waals surface area contributed by atoms with Gasteiger partial charge in [-0.2, -0.15) is 5.10 Å². The van der Waals surface area contributed by atoms with Crippen LogP contribution >= 0.6 is 0 Å². The van der Waals surface area contributed by atoms with Crippen molar-refractivity contribution in [1.82, 2.24) is 15.1 Å². The van der Waals surface area contributed by atoms with E-state index < -0.39 is 0 Å². The number of rotatable bonds is 5. The third-order valence-electron chi connectivity index (χ3n) is 3.53. The number of nitrogens with one attached hydrogen (secondary N) is 1. The molecule has 1 N–H and O–H groups in total. The van der Waals surface area contributed by atoms with E-state index in [1.807, 2.05) is 17.9 Å². The average molecular weight is 233 g/mol. The molecule has 3 nitrogen and oxygen atoms in total. The summed E-state index contributed by atoms with van der Waals surface area (Å²) >= 11 is 0. The highest BCUT2D eigenvalue weighted by Gasteiger charge is 2.13. The molecule has 94 valence electrons. The summed E-state index contributed by atoms with van der Waals surface area (Å²) in [5, 5.41) is 7.87. The van der Waals surface area contributed by atoms with Gasteiger partial charge in [-0.05, 0) is 45.2 Å². The lowest BCUT2D eigenvalue weighted by Gasteiger charge is -2.19. The van der Waals surface area contributed by atoms with Crippen molar-refractivity contribution < 1.29 is 0 Å². The van der Waals surface area contributed by atoms with Crippen LogP contribution in [0.5, 0.6) is 0 Å². The molecule has 1 atom stereocenters. The highest BCUT2D eigenvalue weighted by atomic mass is 15.2. The van der Waals surface area contributed by atoms with Crippen molar-refractivity contribution in [2.45, 2.75) is 44.6 Å². The second-order valence-electron chi connectivity index (χ2n) is 4.98. The summed E-state index contributed by atoms with van der Waals surface area (Å²) in [7, 11) is 4.03. The van der Waals surface area contributed by atoms with Gasteiger partial charge in [-0.3, -0.25) is 4.68 Å². The van der Waals surface area contributed by atoms with Gasteiger partial charge >= 0.3 is 0 Å². The van der Waals surface area contributed by atoms with Gasteiger partial charge in [-0.1, -0.05) is 11.6 Å². The zero-order valence-corrected chi connectivity index (χ0v) is 10.9. The maximum absolute atomic E-state index is 4.45. The molecule has 1 aliphatic carbocycles. The first-order valence-electron chi connectivity index (χ1n) is 6.61. The van der Waals surface area contributed by atoms with Crippen molar-refractivity contribution in [3.05, 3.63) is 29.6 Å². The van der Waals surface area contributed by atoms with E-state index in [-0.39, 0.29) is 0 Å². The van der Waals surface area contributed by atoms with E-state index in [0.717, 1.165) is 6.42 Å². The molecule has 1 unspecified atom stereocenters. The highest BCUT2D eigenvalue weighted by molar-refractivity contribution is 5.09.